The highest BCUT2D eigenvalue weighted by Crippen LogP contribution is 2.21. The summed E-state index contributed by atoms with van der Waals surface area (Å²) in [5.74, 6) is 0.512. The first kappa shape index (κ1) is 17.4. The van der Waals surface area contributed by atoms with Crippen LogP contribution in [-0.2, 0) is 4.79 Å². The molecule has 7 heteroatoms. The molecule has 1 aliphatic heterocycles. The number of para-hydroxylation sites is 1. The number of carbonyl (C=O) groups excluding carboxylic acids is 1. The molecule has 0 radical (unpaired) electrons. The van der Waals surface area contributed by atoms with Gasteiger partial charge in [0.1, 0.15) is 5.82 Å². The molecule has 0 spiro atoms. The van der Waals surface area contributed by atoms with E-state index in [4.69, 9.17) is 0 Å². The minimum atomic E-state index is -0.272. The van der Waals surface area contributed by atoms with Crippen LogP contribution in [0.15, 0.2) is 36.7 Å². The molecule has 0 saturated carbocycles. The molecule has 1 aromatic carbocycles. The predicted molar refractivity (Wildman–Crippen MR) is 95.5 cm³/mol. The van der Waals surface area contributed by atoms with Gasteiger partial charge in [0.25, 0.3) is 0 Å². The first-order valence-corrected chi connectivity index (χ1v) is 8.59. The second-order valence-corrected chi connectivity index (χ2v) is 6.53. The average Bonchev–Trinajstić information content (AvgIpc) is 3.04. The summed E-state index contributed by atoms with van der Waals surface area (Å²) in [5.41, 5.74) is 0.494. The van der Waals surface area contributed by atoms with Crippen molar-refractivity contribution in [2.45, 2.75) is 19.9 Å². The van der Waals surface area contributed by atoms with Gasteiger partial charge in [-0.1, -0.05) is 12.1 Å². The fraction of sp³-hybridized carbons (Fsp3) is 0.444. The summed E-state index contributed by atoms with van der Waals surface area (Å²) in [6, 6.07) is 6.84. The number of hydrogen-bond donors (Lipinski definition) is 1. The van der Waals surface area contributed by atoms with Gasteiger partial charge in [-0.25, -0.2) is 9.37 Å². The van der Waals surface area contributed by atoms with Crippen LogP contribution in [0.2, 0.25) is 0 Å². The van der Waals surface area contributed by atoms with Gasteiger partial charge in [-0.05, 0) is 26.0 Å². The lowest BCUT2D eigenvalue weighted by molar-refractivity contribution is -0.122. The van der Waals surface area contributed by atoms with Crippen LogP contribution < -0.4 is 10.2 Å². The van der Waals surface area contributed by atoms with Crippen LogP contribution in [0.1, 0.15) is 13.8 Å². The predicted octanol–water partition coefficient (Wildman–Crippen LogP) is 1.66. The van der Waals surface area contributed by atoms with Crippen molar-refractivity contribution < 1.29 is 9.18 Å². The van der Waals surface area contributed by atoms with Crippen molar-refractivity contribution >= 4 is 11.9 Å². The first-order valence-electron chi connectivity index (χ1n) is 8.59. The zero-order chi connectivity index (χ0) is 17.8. The largest absolute Gasteiger partial charge is 0.353 e. The van der Waals surface area contributed by atoms with E-state index in [1.807, 2.05) is 19.9 Å². The van der Waals surface area contributed by atoms with Crippen LogP contribution in [0.3, 0.4) is 0 Å². The lowest BCUT2D eigenvalue weighted by atomic mass is 10.3. The summed E-state index contributed by atoms with van der Waals surface area (Å²) in [5, 5.41) is 2.91. The second kappa shape index (κ2) is 7.65. The Bertz CT molecular complexity index is 722. The molecule has 6 nitrogen and oxygen atoms in total. The topological polar surface area (TPSA) is 53.4 Å². The molecule has 1 amide bonds. The molecular weight excluding hydrogens is 321 g/mol. The summed E-state index contributed by atoms with van der Waals surface area (Å²) >= 11 is 0. The van der Waals surface area contributed by atoms with Crippen molar-refractivity contribution in [3.05, 3.63) is 42.5 Å². The van der Waals surface area contributed by atoms with Gasteiger partial charge in [0.2, 0.25) is 11.9 Å². The molecule has 0 aliphatic carbocycles. The molecule has 134 valence electrons. The van der Waals surface area contributed by atoms with E-state index >= 15 is 0 Å². The first-order chi connectivity index (χ1) is 12.0. The van der Waals surface area contributed by atoms with Crippen LogP contribution in [0, 0.1) is 5.82 Å². The summed E-state index contributed by atoms with van der Waals surface area (Å²) < 4.78 is 15.9. The van der Waals surface area contributed by atoms with Crippen LogP contribution in [0.5, 0.6) is 0 Å². The molecule has 25 heavy (non-hydrogen) atoms. The molecule has 1 saturated heterocycles. The number of imidazole rings is 1. The minimum absolute atomic E-state index is 0.0521. The normalized spacial score (nSPS) is 15.6. The molecule has 1 fully saturated rings. The number of carbonyl (C=O) groups is 1. The van der Waals surface area contributed by atoms with Crippen molar-refractivity contribution in [2.24, 2.45) is 0 Å². The number of anilines is 1. The number of benzene rings is 1. The molecule has 0 unspecified atom stereocenters. The van der Waals surface area contributed by atoms with E-state index < -0.39 is 0 Å². The molecule has 0 atom stereocenters. The highest BCUT2D eigenvalue weighted by molar-refractivity contribution is 5.78. The van der Waals surface area contributed by atoms with E-state index in [-0.39, 0.29) is 17.8 Å². The standard InChI is InChI=1S/C18H24FN5O/c1-14(2)21-17(25)13-22-9-11-23(12-10-22)18-20-7-8-24(18)16-6-4-3-5-15(16)19/h3-8,14H,9-13H2,1-2H3,(H,21,25). The maximum Gasteiger partial charge on any atom is 0.234 e. The fourth-order valence-electron chi connectivity index (χ4n) is 3.04. The number of amides is 1. The Balaban J connectivity index is 1.64. The van der Waals surface area contributed by atoms with Gasteiger partial charge in [-0.2, -0.15) is 0 Å². The third-order valence-corrected chi connectivity index (χ3v) is 4.21. The second-order valence-electron chi connectivity index (χ2n) is 6.53. The van der Waals surface area contributed by atoms with E-state index in [2.05, 4.69) is 20.1 Å². The molecular formula is C18H24FN5O. The monoisotopic (exact) mass is 345 g/mol. The molecule has 3 rings (SSSR count). The van der Waals surface area contributed by atoms with E-state index in [1.54, 1.807) is 29.1 Å². The maximum atomic E-state index is 14.1. The molecule has 2 heterocycles. The van der Waals surface area contributed by atoms with Crippen LogP contribution in [0.25, 0.3) is 5.69 Å². The van der Waals surface area contributed by atoms with E-state index in [1.165, 1.54) is 6.07 Å². The highest BCUT2D eigenvalue weighted by atomic mass is 19.1. The van der Waals surface area contributed by atoms with Crippen LogP contribution in [0.4, 0.5) is 10.3 Å². The van der Waals surface area contributed by atoms with Crippen LogP contribution >= 0.6 is 0 Å². The van der Waals surface area contributed by atoms with Crippen LogP contribution in [-0.4, -0.2) is 59.1 Å². The lowest BCUT2D eigenvalue weighted by Crippen LogP contribution is -2.50. The van der Waals surface area contributed by atoms with Gasteiger partial charge in [0, 0.05) is 44.6 Å². The summed E-state index contributed by atoms with van der Waals surface area (Å²) in [7, 11) is 0. The van der Waals surface area contributed by atoms with E-state index in [0.29, 0.717) is 12.2 Å². The zero-order valence-electron chi connectivity index (χ0n) is 14.7. The van der Waals surface area contributed by atoms with E-state index in [9.17, 15) is 9.18 Å². The smallest absolute Gasteiger partial charge is 0.234 e. The van der Waals surface area contributed by atoms with Crippen molar-refractivity contribution in [1.82, 2.24) is 19.8 Å². The van der Waals surface area contributed by atoms with Gasteiger partial charge >= 0.3 is 0 Å². The van der Waals surface area contributed by atoms with Crippen molar-refractivity contribution in [1.29, 1.82) is 0 Å². The SMILES string of the molecule is CC(C)NC(=O)CN1CCN(c2nccn2-c2ccccc2F)CC1. The van der Waals surface area contributed by atoms with Gasteiger partial charge in [0.15, 0.2) is 0 Å². The lowest BCUT2D eigenvalue weighted by Gasteiger charge is -2.35. The Morgan fingerprint density at radius 2 is 1.96 bits per heavy atom. The van der Waals surface area contributed by atoms with Gasteiger partial charge in [-0.3, -0.25) is 14.3 Å². The Morgan fingerprint density at radius 1 is 1.24 bits per heavy atom. The quantitative estimate of drug-likeness (QED) is 0.895. The Hall–Kier alpha value is -2.41. The molecule has 2 aromatic rings. The maximum absolute atomic E-state index is 14.1. The molecule has 1 aliphatic rings. The zero-order valence-corrected chi connectivity index (χ0v) is 14.7. The third-order valence-electron chi connectivity index (χ3n) is 4.21. The summed E-state index contributed by atoms with van der Waals surface area (Å²) in [4.78, 5) is 20.5. The highest BCUT2D eigenvalue weighted by Gasteiger charge is 2.22. The summed E-state index contributed by atoms with van der Waals surface area (Å²) in [6.07, 6.45) is 3.46. The number of hydrogen-bond acceptors (Lipinski definition) is 4. The number of halogens is 1. The summed E-state index contributed by atoms with van der Waals surface area (Å²) in [6.45, 7) is 7.37. The van der Waals surface area contributed by atoms with Gasteiger partial charge in [0.05, 0.1) is 12.2 Å². The van der Waals surface area contributed by atoms with Crippen molar-refractivity contribution in [2.75, 3.05) is 37.6 Å². The Kier molecular flexibility index (Phi) is 5.33. The number of aromatic nitrogens is 2. The molecule has 1 N–H and O–H groups in total. The number of nitrogens with one attached hydrogen (secondary N) is 1. The van der Waals surface area contributed by atoms with Gasteiger partial charge < -0.3 is 10.2 Å². The molecule has 1 aromatic heterocycles. The Morgan fingerprint density at radius 3 is 2.64 bits per heavy atom. The number of nitrogens with zero attached hydrogens (tertiary/aromatic N) is 4. The fourth-order valence-corrected chi connectivity index (χ4v) is 3.04. The van der Waals surface area contributed by atoms with Gasteiger partial charge in [-0.15, -0.1) is 0 Å². The van der Waals surface area contributed by atoms with Crippen molar-refractivity contribution in [3.63, 3.8) is 0 Å². The Labute approximate surface area is 147 Å². The number of piperazine rings is 1. The van der Waals surface area contributed by atoms with Crippen molar-refractivity contribution in [3.8, 4) is 5.69 Å². The third kappa shape index (κ3) is 4.17. The average molecular weight is 345 g/mol. The molecule has 0 bridgehead atoms. The number of rotatable bonds is 5. The minimum Gasteiger partial charge on any atom is -0.353 e. The van der Waals surface area contributed by atoms with E-state index in [0.717, 1.165) is 32.1 Å².